The van der Waals surface area contributed by atoms with E-state index in [1.165, 1.54) is 0 Å². The molecule has 102 valence electrons. The molecular formula is C14H16BrClN2O. The van der Waals surface area contributed by atoms with E-state index in [1.54, 1.807) is 0 Å². The van der Waals surface area contributed by atoms with Crippen molar-refractivity contribution >= 4 is 33.2 Å². The summed E-state index contributed by atoms with van der Waals surface area (Å²) in [5, 5.41) is 13.6. The quantitative estimate of drug-likeness (QED) is 0.867. The van der Waals surface area contributed by atoms with Crippen LogP contribution in [0.5, 0.6) is 0 Å². The SMILES string of the molecule is CC1CC(C#N)(Nc2ccc(Cl)c(Br)c2)CC(C)O1. The minimum absolute atomic E-state index is 0.0756. The molecule has 19 heavy (non-hydrogen) atoms. The number of hydrogen-bond donors (Lipinski definition) is 1. The number of nitrogens with zero attached hydrogens (tertiary/aromatic N) is 1. The Balaban J connectivity index is 2.23. The number of rotatable bonds is 2. The summed E-state index contributed by atoms with van der Waals surface area (Å²) in [7, 11) is 0. The fourth-order valence-corrected chi connectivity index (χ4v) is 3.13. The van der Waals surface area contributed by atoms with Crippen LogP contribution >= 0.6 is 27.5 Å². The van der Waals surface area contributed by atoms with E-state index in [-0.39, 0.29) is 12.2 Å². The number of ether oxygens (including phenoxy) is 1. The highest BCUT2D eigenvalue weighted by Crippen LogP contribution is 2.33. The van der Waals surface area contributed by atoms with E-state index in [0.29, 0.717) is 17.9 Å². The van der Waals surface area contributed by atoms with E-state index in [0.717, 1.165) is 10.2 Å². The van der Waals surface area contributed by atoms with Gasteiger partial charge in [0.25, 0.3) is 0 Å². The third-order valence-electron chi connectivity index (χ3n) is 3.25. The smallest absolute Gasteiger partial charge is 0.130 e. The number of benzene rings is 1. The zero-order valence-electron chi connectivity index (χ0n) is 10.9. The highest BCUT2D eigenvalue weighted by atomic mass is 79.9. The molecule has 0 amide bonds. The first-order valence-electron chi connectivity index (χ1n) is 6.24. The van der Waals surface area contributed by atoms with E-state index >= 15 is 0 Å². The summed E-state index contributed by atoms with van der Waals surface area (Å²) in [5.41, 5.74) is 0.309. The summed E-state index contributed by atoms with van der Waals surface area (Å²) in [6, 6.07) is 8.01. The van der Waals surface area contributed by atoms with Gasteiger partial charge in [0.15, 0.2) is 0 Å². The molecule has 1 aromatic rings. The fraction of sp³-hybridized carbons (Fsp3) is 0.500. The lowest BCUT2D eigenvalue weighted by Crippen LogP contribution is -2.48. The maximum absolute atomic E-state index is 9.56. The molecule has 1 saturated heterocycles. The molecule has 1 heterocycles. The molecule has 1 N–H and O–H groups in total. The number of nitrogens with one attached hydrogen (secondary N) is 1. The van der Waals surface area contributed by atoms with Crippen molar-refractivity contribution in [1.82, 2.24) is 0 Å². The molecule has 0 bridgehead atoms. The Hall–Kier alpha value is -0.760. The van der Waals surface area contributed by atoms with Crippen molar-refractivity contribution in [2.45, 2.75) is 44.4 Å². The Morgan fingerprint density at radius 1 is 1.42 bits per heavy atom. The van der Waals surface area contributed by atoms with Crippen LogP contribution in [0, 0.1) is 11.3 Å². The van der Waals surface area contributed by atoms with Gasteiger partial charge in [0.2, 0.25) is 0 Å². The summed E-state index contributed by atoms with van der Waals surface area (Å²) in [6.07, 6.45) is 1.50. The van der Waals surface area contributed by atoms with Crippen molar-refractivity contribution < 1.29 is 4.74 Å². The molecule has 1 fully saturated rings. The predicted molar refractivity (Wildman–Crippen MR) is 80.4 cm³/mol. The van der Waals surface area contributed by atoms with Crippen LogP contribution in [-0.4, -0.2) is 17.7 Å². The number of hydrogen-bond acceptors (Lipinski definition) is 3. The molecule has 3 nitrogen and oxygen atoms in total. The summed E-state index contributed by atoms with van der Waals surface area (Å²) in [4.78, 5) is 0. The lowest BCUT2D eigenvalue weighted by Gasteiger charge is -2.39. The number of halogens is 2. The molecule has 2 unspecified atom stereocenters. The minimum Gasteiger partial charge on any atom is -0.375 e. The van der Waals surface area contributed by atoms with Crippen LogP contribution in [-0.2, 0) is 4.74 Å². The Kier molecular flexibility index (Phi) is 4.39. The molecular weight excluding hydrogens is 328 g/mol. The van der Waals surface area contributed by atoms with Gasteiger partial charge in [-0.1, -0.05) is 11.6 Å². The maximum Gasteiger partial charge on any atom is 0.130 e. The normalized spacial score (nSPS) is 30.7. The molecule has 1 aliphatic heterocycles. The standard InChI is InChI=1S/C14H16BrClN2O/c1-9-6-14(8-17,7-10(2)19-9)18-11-3-4-13(16)12(15)5-11/h3-5,9-10,18H,6-7H2,1-2H3. The van der Waals surface area contributed by atoms with E-state index in [2.05, 4.69) is 27.3 Å². The second-order valence-corrected chi connectivity index (χ2v) is 6.37. The molecule has 1 aromatic carbocycles. The van der Waals surface area contributed by atoms with Crippen molar-refractivity contribution in [3.05, 3.63) is 27.7 Å². The Morgan fingerprint density at radius 2 is 2.05 bits per heavy atom. The van der Waals surface area contributed by atoms with Crippen LogP contribution in [0.25, 0.3) is 0 Å². The summed E-state index contributed by atoms with van der Waals surface area (Å²) >= 11 is 9.37. The van der Waals surface area contributed by atoms with Crippen LogP contribution in [0.4, 0.5) is 5.69 Å². The zero-order chi connectivity index (χ0) is 14.0. The summed E-state index contributed by atoms with van der Waals surface area (Å²) < 4.78 is 6.52. The van der Waals surface area contributed by atoms with Crippen molar-refractivity contribution in [1.29, 1.82) is 5.26 Å². The topological polar surface area (TPSA) is 45.0 Å². The molecule has 1 aliphatic rings. The Bertz CT molecular complexity index is 505. The van der Waals surface area contributed by atoms with Crippen molar-refractivity contribution in [3.63, 3.8) is 0 Å². The molecule has 0 radical (unpaired) electrons. The van der Waals surface area contributed by atoms with E-state index in [9.17, 15) is 5.26 Å². The summed E-state index contributed by atoms with van der Waals surface area (Å²) in [6.45, 7) is 4.00. The van der Waals surface area contributed by atoms with Gasteiger partial charge in [0.1, 0.15) is 5.54 Å². The molecule has 0 saturated carbocycles. The van der Waals surface area contributed by atoms with Gasteiger partial charge in [-0.05, 0) is 48.0 Å². The minimum atomic E-state index is -0.579. The predicted octanol–water partition coefficient (Wildman–Crippen LogP) is 4.36. The molecule has 0 aliphatic carbocycles. The van der Waals surface area contributed by atoms with Gasteiger partial charge in [-0.15, -0.1) is 0 Å². The second-order valence-electron chi connectivity index (χ2n) is 5.11. The average molecular weight is 344 g/mol. The maximum atomic E-state index is 9.56. The van der Waals surface area contributed by atoms with Crippen molar-refractivity contribution in [3.8, 4) is 6.07 Å². The highest BCUT2D eigenvalue weighted by Gasteiger charge is 2.39. The van der Waals surface area contributed by atoms with Gasteiger partial charge < -0.3 is 10.1 Å². The summed E-state index contributed by atoms with van der Waals surface area (Å²) in [5.74, 6) is 0. The number of anilines is 1. The molecule has 0 spiro atoms. The van der Waals surface area contributed by atoms with Gasteiger partial charge >= 0.3 is 0 Å². The zero-order valence-corrected chi connectivity index (χ0v) is 13.3. The van der Waals surface area contributed by atoms with Crippen molar-refractivity contribution in [2.24, 2.45) is 0 Å². The van der Waals surface area contributed by atoms with E-state index in [1.807, 2.05) is 32.0 Å². The molecule has 2 rings (SSSR count). The first kappa shape index (κ1) is 14.6. The van der Waals surface area contributed by atoms with Gasteiger partial charge in [0, 0.05) is 23.0 Å². The molecule has 5 heteroatoms. The molecule has 2 atom stereocenters. The Labute approximate surface area is 127 Å². The van der Waals surface area contributed by atoms with Crippen LogP contribution in [0.15, 0.2) is 22.7 Å². The van der Waals surface area contributed by atoms with Crippen LogP contribution < -0.4 is 5.32 Å². The third-order valence-corrected chi connectivity index (χ3v) is 4.47. The van der Waals surface area contributed by atoms with Gasteiger partial charge in [-0.3, -0.25) is 0 Å². The first-order valence-corrected chi connectivity index (χ1v) is 7.41. The van der Waals surface area contributed by atoms with Gasteiger partial charge in [-0.2, -0.15) is 5.26 Å². The van der Waals surface area contributed by atoms with E-state index in [4.69, 9.17) is 16.3 Å². The lowest BCUT2D eigenvalue weighted by atomic mass is 9.85. The largest absolute Gasteiger partial charge is 0.375 e. The third kappa shape index (κ3) is 3.42. The lowest BCUT2D eigenvalue weighted by molar-refractivity contribution is -0.0451. The van der Waals surface area contributed by atoms with Gasteiger partial charge in [-0.25, -0.2) is 0 Å². The average Bonchev–Trinajstić information content (AvgIpc) is 2.32. The Morgan fingerprint density at radius 3 is 2.58 bits per heavy atom. The monoisotopic (exact) mass is 342 g/mol. The fourth-order valence-electron chi connectivity index (χ4n) is 2.63. The second kappa shape index (κ2) is 5.70. The first-order chi connectivity index (χ1) is 8.94. The van der Waals surface area contributed by atoms with Gasteiger partial charge in [0.05, 0.1) is 23.3 Å². The van der Waals surface area contributed by atoms with Crippen LogP contribution in [0.3, 0.4) is 0 Å². The molecule has 0 aromatic heterocycles. The number of nitriles is 1. The van der Waals surface area contributed by atoms with Crippen LogP contribution in [0.1, 0.15) is 26.7 Å². The van der Waals surface area contributed by atoms with Crippen molar-refractivity contribution in [2.75, 3.05) is 5.32 Å². The highest BCUT2D eigenvalue weighted by molar-refractivity contribution is 9.10. The van der Waals surface area contributed by atoms with Crippen LogP contribution in [0.2, 0.25) is 5.02 Å². The van der Waals surface area contributed by atoms with E-state index < -0.39 is 5.54 Å².